The van der Waals surface area contributed by atoms with E-state index in [0.29, 0.717) is 5.56 Å². The van der Waals surface area contributed by atoms with Gasteiger partial charge in [0.2, 0.25) is 5.91 Å². The van der Waals surface area contributed by atoms with Crippen molar-refractivity contribution in [2.45, 2.75) is 24.7 Å². The fourth-order valence-electron chi connectivity index (χ4n) is 2.19. The normalized spacial score (nSPS) is 14.1. The molecule has 0 aliphatic heterocycles. The highest BCUT2D eigenvalue weighted by atomic mass is 19.4. The van der Waals surface area contributed by atoms with Crippen molar-refractivity contribution in [1.29, 1.82) is 0 Å². The lowest BCUT2D eigenvalue weighted by molar-refractivity contribution is -0.164. The van der Waals surface area contributed by atoms with Gasteiger partial charge in [0.1, 0.15) is 0 Å². The van der Waals surface area contributed by atoms with Crippen molar-refractivity contribution in [3.63, 3.8) is 0 Å². The highest BCUT2D eigenvalue weighted by Gasteiger charge is 2.41. The Labute approximate surface area is 131 Å². The molecule has 0 aromatic heterocycles. The average Bonchev–Trinajstić information content (AvgIpc) is 2.53. The molecular formula is C17H16F3NO2. The number of aliphatic hydroxyl groups is 1. The van der Waals surface area contributed by atoms with E-state index in [-0.39, 0.29) is 5.56 Å². The minimum Gasteiger partial charge on any atom is -0.388 e. The quantitative estimate of drug-likeness (QED) is 0.884. The van der Waals surface area contributed by atoms with Gasteiger partial charge in [-0.25, -0.2) is 0 Å². The molecule has 0 heterocycles. The topological polar surface area (TPSA) is 49.3 Å². The number of amides is 1. The Morgan fingerprint density at radius 2 is 1.43 bits per heavy atom. The summed E-state index contributed by atoms with van der Waals surface area (Å²) >= 11 is 0. The maximum atomic E-state index is 13.1. The molecule has 1 amide bonds. The largest absolute Gasteiger partial charge is 0.412 e. The van der Waals surface area contributed by atoms with E-state index in [0.717, 1.165) is 0 Å². The number of rotatable bonds is 5. The van der Waals surface area contributed by atoms with Crippen LogP contribution in [0.1, 0.15) is 29.7 Å². The van der Waals surface area contributed by atoms with E-state index in [1.165, 1.54) is 24.3 Å². The zero-order valence-electron chi connectivity index (χ0n) is 12.1. The first-order chi connectivity index (χ1) is 10.9. The molecule has 0 aliphatic rings. The maximum Gasteiger partial charge on any atom is 0.412 e. The molecule has 0 bridgehead atoms. The van der Waals surface area contributed by atoms with Crippen molar-refractivity contribution in [3.05, 3.63) is 71.8 Å². The fraction of sp³-hybridized carbons (Fsp3) is 0.235. The minimum atomic E-state index is -4.62. The van der Waals surface area contributed by atoms with Gasteiger partial charge in [-0.05, 0) is 11.1 Å². The average molecular weight is 323 g/mol. The highest BCUT2D eigenvalue weighted by Crippen LogP contribution is 2.32. The van der Waals surface area contributed by atoms with Crippen LogP contribution in [0.25, 0.3) is 0 Å². The van der Waals surface area contributed by atoms with Crippen molar-refractivity contribution in [3.8, 4) is 0 Å². The van der Waals surface area contributed by atoms with Crippen LogP contribution in [0.4, 0.5) is 13.2 Å². The van der Waals surface area contributed by atoms with Crippen molar-refractivity contribution in [2.24, 2.45) is 0 Å². The number of hydrogen-bond acceptors (Lipinski definition) is 2. The maximum absolute atomic E-state index is 13.1. The molecule has 0 radical (unpaired) electrons. The van der Waals surface area contributed by atoms with Crippen molar-refractivity contribution >= 4 is 5.91 Å². The summed E-state index contributed by atoms with van der Waals surface area (Å²) in [5.74, 6) is -0.868. The lowest BCUT2D eigenvalue weighted by atomic mass is 10.0. The smallest absolute Gasteiger partial charge is 0.388 e. The van der Waals surface area contributed by atoms with Gasteiger partial charge in [-0.15, -0.1) is 0 Å². The summed E-state index contributed by atoms with van der Waals surface area (Å²) in [6, 6.07) is 13.4. The van der Waals surface area contributed by atoms with Gasteiger partial charge >= 0.3 is 6.18 Å². The number of hydrogen-bond donors (Lipinski definition) is 2. The summed E-state index contributed by atoms with van der Waals surface area (Å²) < 4.78 is 39.4. The second kappa shape index (κ2) is 7.28. The molecule has 0 aliphatic carbocycles. The molecule has 2 aromatic carbocycles. The van der Waals surface area contributed by atoms with Gasteiger partial charge in [-0.2, -0.15) is 13.2 Å². The van der Waals surface area contributed by atoms with Crippen molar-refractivity contribution in [1.82, 2.24) is 5.32 Å². The fourth-order valence-corrected chi connectivity index (χ4v) is 2.19. The van der Waals surface area contributed by atoms with E-state index in [4.69, 9.17) is 0 Å². The van der Waals surface area contributed by atoms with Crippen LogP contribution in [0.15, 0.2) is 60.7 Å². The Morgan fingerprint density at radius 1 is 0.957 bits per heavy atom. The number of nitrogens with one attached hydrogen (secondary N) is 1. The van der Waals surface area contributed by atoms with Crippen molar-refractivity contribution < 1.29 is 23.1 Å². The third-order valence-corrected chi connectivity index (χ3v) is 3.33. The van der Waals surface area contributed by atoms with Crippen LogP contribution in [0.2, 0.25) is 0 Å². The molecule has 2 aromatic rings. The summed E-state index contributed by atoms with van der Waals surface area (Å²) in [6.07, 6.45) is -6.21. The zero-order chi connectivity index (χ0) is 16.9. The van der Waals surface area contributed by atoms with E-state index < -0.39 is 30.7 Å². The molecule has 0 spiro atoms. The van der Waals surface area contributed by atoms with E-state index in [2.05, 4.69) is 0 Å². The minimum absolute atomic E-state index is 0.0532. The van der Waals surface area contributed by atoms with Gasteiger partial charge in [0, 0.05) is 0 Å². The highest BCUT2D eigenvalue weighted by molar-refractivity contribution is 5.77. The van der Waals surface area contributed by atoms with Crippen LogP contribution in [-0.2, 0) is 4.79 Å². The number of alkyl halides is 3. The third-order valence-electron chi connectivity index (χ3n) is 3.33. The van der Waals surface area contributed by atoms with Gasteiger partial charge in [0.25, 0.3) is 0 Å². The monoisotopic (exact) mass is 323 g/mol. The molecule has 0 fully saturated rings. The molecule has 2 unspecified atom stereocenters. The first-order valence-corrected chi connectivity index (χ1v) is 7.02. The van der Waals surface area contributed by atoms with E-state index in [1.54, 1.807) is 36.4 Å². The summed E-state index contributed by atoms with van der Waals surface area (Å²) in [5.41, 5.74) is 0.425. The van der Waals surface area contributed by atoms with Crippen molar-refractivity contribution in [2.75, 3.05) is 0 Å². The molecule has 23 heavy (non-hydrogen) atoms. The number of carbonyl (C=O) groups is 1. The molecule has 0 saturated heterocycles. The number of halogens is 3. The molecule has 0 saturated carbocycles. The number of benzene rings is 2. The van der Waals surface area contributed by atoms with Gasteiger partial charge in [-0.3, -0.25) is 4.79 Å². The van der Waals surface area contributed by atoms with Crippen LogP contribution in [0.5, 0.6) is 0 Å². The Kier molecular flexibility index (Phi) is 5.39. The predicted molar refractivity (Wildman–Crippen MR) is 79.4 cm³/mol. The molecule has 2 atom stereocenters. The Balaban J connectivity index is 2.07. The Hall–Kier alpha value is -2.34. The van der Waals surface area contributed by atoms with Crippen LogP contribution in [0.3, 0.4) is 0 Å². The standard InChI is InChI=1S/C17H16F3NO2/c18-17(19,20)16(13-9-5-2-6-10-13)21-15(23)11-14(22)12-7-3-1-4-8-12/h1-10,14,16,22H,11H2,(H,21,23). The SMILES string of the molecule is O=C(CC(O)c1ccccc1)NC(c1ccccc1)C(F)(F)F. The first kappa shape index (κ1) is 17.0. The lowest BCUT2D eigenvalue weighted by Crippen LogP contribution is -2.38. The van der Waals surface area contributed by atoms with Crippen LogP contribution in [-0.4, -0.2) is 17.2 Å². The molecule has 2 rings (SSSR count). The predicted octanol–water partition coefficient (Wildman–Crippen LogP) is 3.53. The number of carbonyl (C=O) groups excluding carboxylic acids is 1. The van der Waals surface area contributed by atoms with Gasteiger partial charge in [-0.1, -0.05) is 60.7 Å². The lowest BCUT2D eigenvalue weighted by Gasteiger charge is -2.22. The zero-order valence-corrected chi connectivity index (χ0v) is 12.1. The molecule has 3 nitrogen and oxygen atoms in total. The van der Waals surface area contributed by atoms with Gasteiger partial charge in [0.05, 0.1) is 12.5 Å². The molecule has 6 heteroatoms. The molecule has 122 valence electrons. The first-order valence-electron chi connectivity index (χ1n) is 7.02. The summed E-state index contributed by atoms with van der Waals surface area (Å²) in [6.45, 7) is 0. The molecular weight excluding hydrogens is 307 g/mol. The summed E-state index contributed by atoms with van der Waals surface area (Å²) in [5, 5.41) is 11.9. The van der Waals surface area contributed by atoms with E-state index in [1.807, 2.05) is 5.32 Å². The van der Waals surface area contributed by atoms with Crippen LogP contribution < -0.4 is 5.32 Å². The summed E-state index contributed by atoms with van der Waals surface area (Å²) in [4.78, 5) is 11.9. The number of aliphatic hydroxyl groups excluding tert-OH is 1. The van der Waals surface area contributed by atoms with E-state index in [9.17, 15) is 23.1 Å². The Bertz CT molecular complexity index is 629. The van der Waals surface area contributed by atoms with Gasteiger partial charge in [0.15, 0.2) is 6.04 Å². The van der Waals surface area contributed by atoms with E-state index >= 15 is 0 Å². The summed E-state index contributed by atoms with van der Waals surface area (Å²) in [7, 11) is 0. The van der Waals surface area contributed by atoms with Crippen LogP contribution in [0, 0.1) is 0 Å². The Morgan fingerprint density at radius 3 is 1.91 bits per heavy atom. The second-order valence-corrected chi connectivity index (χ2v) is 5.08. The second-order valence-electron chi connectivity index (χ2n) is 5.08. The van der Waals surface area contributed by atoms with Gasteiger partial charge < -0.3 is 10.4 Å². The third kappa shape index (κ3) is 4.82. The van der Waals surface area contributed by atoms with Crippen LogP contribution >= 0.6 is 0 Å². The molecule has 2 N–H and O–H groups in total.